The lowest BCUT2D eigenvalue weighted by Crippen LogP contribution is -2.48. The molecule has 0 spiro atoms. The minimum Gasteiger partial charge on any atom is -0.495 e. The number of anilines is 2. The number of amides is 1. The number of ketones is 2. The standard InChI is InChI=1S/C27H25N3O4/c1-34-23-12-5-4-11-22(23)30-15-13-29(14-16-30)17-24(31)28-21-10-6-9-20-25(21)27(33)19-8-3-2-7-18(19)26(20)32/h2-12H,13-17H2,1H3,(H,28,31). The second-order valence-corrected chi connectivity index (χ2v) is 8.42. The summed E-state index contributed by atoms with van der Waals surface area (Å²) in [6, 6.07) is 19.7. The van der Waals surface area contributed by atoms with Gasteiger partial charge in [0.15, 0.2) is 11.6 Å². The highest BCUT2D eigenvalue weighted by Gasteiger charge is 2.32. The molecule has 34 heavy (non-hydrogen) atoms. The molecule has 172 valence electrons. The summed E-state index contributed by atoms with van der Waals surface area (Å²) in [6.45, 7) is 3.21. The van der Waals surface area contributed by atoms with Crippen molar-refractivity contribution >= 4 is 28.8 Å². The SMILES string of the molecule is COc1ccccc1N1CCN(CC(=O)Nc2cccc3c2C(=O)c2ccccc2C3=O)CC1. The van der Waals surface area contributed by atoms with Crippen molar-refractivity contribution < 1.29 is 19.1 Å². The fourth-order valence-electron chi connectivity index (χ4n) is 4.68. The Bertz CT molecular complexity index is 1280. The highest BCUT2D eigenvalue weighted by molar-refractivity contribution is 6.30. The number of methoxy groups -OCH3 is 1. The largest absolute Gasteiger partial charge is 0.495 e. The van der Waals surface area contributed by atoms with Crippen LogP contribution in [0.5, 0.6) is 5.75 Å². The van der Waals surface area contributed by atoms with Gasteiger partial charge >= 0.3 is 0 Å². The van der Waals surface area contributed by atoms with Crippen LogP contribution in [0, 0.1) is 0 Å². The summed E-state index contributed by atoms with van der Waals surface area (Å²) in [5.41, 5.74) is 2.79. The monoisotopic (exact) mass is 455 g/mol. The summed E-state index contributed by atoms with van der Waals surface area (Å²) in [5.74, 6) is 0.182. The summed E-state index contributed by atoms with van der Waals surface area (Å²) in [5, 5.41) is 2.87. The molecule has 3 aromatic rings. The second-order valence-electron chi connectivity index (χ2n) is 8.42. The number of rotatable bonds is 5. The predicted octanol–water partition coefficient (Wildman–Crippen LogP) is 3.23. The van der Waals surface area contributed by atoms with Crippen LogP contribution < -0.4 is 15.0 Å². The fourth-order valence-corrected chi connectivity index (χ4v) is 4.68. The Morgan fingerprint density at radius 1 is 0.824 bits per heavy atom. The number of hydrogen-bond acceptors (Lipinski definition) is 6. The van der Waals surface area contributed by atoms with Crippen molar-refractivity contribution in [1.82, 2.24) is 4.90 Å². The molecule has 1 aliphatic heterocycles. The van der Waals surface area contributed by atoms with Crippen LogP contribution >= 0.6 is 0 Å². The third kappa shape index (κ3) is 3.95. The van der Waals surface area contributed by atoms with E-state index in [0.717, 1.165) is 37.6 Å². The predicted molar refractivity (Wildman–Crippen MR) is 130 cm³/mol. The normalized spacial score (nSPS) is 15.5. The number of hydrogen-bond donors (Lipinski definition) is 1. The highest BCUT2D eigenvalue weighted by Crippen LogP contribution is 2.32. The molecule has 0 radical (unpaired) electrons. The van der Waals surface area contributed by atoms with Crippen LogP contribution in [0.25, 0.3) is 0 Å². The molecule has 1 heterocycles. The van der Waals surface area contributed by atoms with Crippen LogP contribution in [-0.2, 0) is 4.79 Å². The van der Waals surface area contributed by atoms with Crippen LogP contribution in [0.2, 0.25) is 0 Å². The molecule has 0 bridgehead atoms. The van der Waals surface area contributed by atoms with Crippen molar-refractivity contribution in [1.29, 1.82) is 0 Å². The summed E-state index contributed by atoms with van der Waals surface area (Å²) in [4.78, 5) is 43.3. The number of ether oxygens (including phenoxy) is 1. The van der Waals surface area contributed by atoms with Crippen LogP contribution in [0.15, 0.2) is 66.7 Å². The van der Waals surface area contributed by atoms with Crippen molar-refractivity contribution in [2.24, 2.45) is 0 Å². The van der Waals surface area contributed by atoms with E-state index in [1.165, 1.54) is 0 Å². The van der Waals surface area contributed by atoms with Gasteiger partial charge in [0.2, 0.25) is 5.91 Å². The number of nitrogens with one attached hydrogen (secondary N) is 1. The summed E-state index contributed by atoms with van der Waals surface area (Å²) >= 11 is 0. The van der Waals surface area contributed by atoms with E-state index in [4.69, 9.17) is 4.74 Å². The number of para-hydroxylation sites is 2. The maximum absolute atomic E-state index is 13.1. The topological polar surface area (TPSA) is 79.0 Å². The van der Waals surface area contributed by atoms with Gasteiger partial charge in [0.05, 0.1) is 30.6 Å². The number of benzene rings is 3. The lowest BCUT2D eigenvalue weighted by Gasteiger charge is -2.36. The fraction of sp³-hybridized carbons (Fsp3) is 0.222. The van der Waals surface area contributed by atoms with E-state index in [0.29, 0.717) is 22.4 Å². The molecule has 7 heteroatoms. The van der Waals surface area contributed by atoms with E-state index < -0.39 is 0 Å². The van der Waals surface area contributed by atoms with Crippen molar-refractivity contribution in [2.45, 2.75) is 0 Å². The van der Waals surface area contributed by atoms with Gasteiger partial charge in [-0.1, -0.05) is 48.5 Å². The number of carbonyl (C=O) groups excluding carboxylic acids is 3. The first-order valence-corrected chi connectivity index (χ1v) is 11.3. The van der Waals surface area contributed by atoms with E-state index in [-0.39, 0.29) is 29.6 Å². The van der Waals surface area contributed by atoms with Crippen LogP contribution in [0.1, 0.15) is 31.8 Å². The van der Waals surface area contributed by atoms with Gasteiger partial charge in [0.25, 0.3) is 0 Å². The van der Waals surface area contributed by atoms with Gasteiger partial charge in [-0.25, -0.2) is 0 Å². The molecule has 1 saturated heterocycles. The quantitative estimate of drug-likeness (QED) is 0.498. The number of piperazine rings is 1. The zero-order chi connectivity index (χ0) is 23.7. The van der Waals surface area contributed by atoms with Gasteiger partial charge < -0.3 is 15.0 Å². The molecule has 2 aliphatic rings. The lowest BCUT2D eigenvalue weighted by molar-refractivity contribution is -0.117. The number of fused-ring (bicyclic) bond motifs is 2. The van der Waals surface area contributed by atoms with Crippen LogP contribution in [0.4, 0.5) is 11.4 Å². The zero-order valence-corrected chi connectivity index (χ0v) is 18.9. The Kier molecular flexibility index (Phi) is 5.86. The third-order valence-electron chi connectivity index (χ3n) is 6.39. The smallest absolute Gasteiger partial charge is 0.238 e. The molecule has 1 N–H and O–H groups in total. The van der Waals surface area contributed by atoms with Crippen LogP contribution in [-0.4, -0.2) is 62.2 Å². The number of nitrogens with zero attached hydrogens (tertiary/aromatic N) is 2. The maximum atomic E-state index is 13.1. The Morgan fingerprint density at radius 3 is 2.21 bits per heavy atom. The van der Waals surface area contributed by atoms with Gasteiger partial charge in [-0.15, -0.1) is 0 Å². The zero-order valence-electron chi connectivity index (χ0n) is 18.9. The summed E-state index contributed by atoms with van der Waals surface area (Å²) < 4.78 is 5.47. The average Bonchev–Trinajstić information content (AvgIpc) is 2.87. The Balaban J connectivity index is 1.26. The molecule has 1 fully saturated rings. The molecule has 0 saturated carbocycles. The Labute approximate surface area is 197 Å². The molecular formula is C27H25N3O4. The molecule has 1 aliphatic carbocycles. The second kappa shape index (κ2) is 9.11. The first kappa shape index (κ1) is 21.9. The van der Waals surface area contributed by atoms with Crippen molar-refractivity contribution in [3.63, 3.8) is 0 Å². The van der Waals surface area contributed by atoms with Gasteiger partial charge in [0, 0.05) is 42.9 Å². The van der Waals surface area contributed by atoms with E-state index in [9.17, 15) is 14.4 Å². The van der Waals surface area contributed by atoms with Crippen molar-refractivity contribution in [3.05, 3.63) is 89.0 Å². The molecule has 3 aromatic carbocycles. The van der Waals surface area contributed by atoms with Gasteiger partial charge in [-0.05, 0) is 18.2 Å². The van der Waals surface area contributed by atoms with Gasteiger partial charge in [-0.2, -0.15) is 0 Å². The van der Waals surface area contributed by atoms with E-state index in [1.807, 2.05) is 24.3 Å². The lowest BCUT2D eigenvalue weighted by atomic mass is 9.83. The first-order valence-electron chi connectivity index (χ1n) is 11.3. The Hall–Kier alpha value is -3.97. The molecule has 5 rings (SSSR count). The maximum Gasteiger partial charge on any atom is 0.238 e. The van der Waals surface area contributed by atoms with Gasteiger partial charge in [-0.3, -0.25) is 19.3 Å². The van der Waals surface area contributed by atoms with E-state index in [1.54, 1.807) is 49.6 Å². The average molecular weight is 456 g/mol. The van der Waals surface area contributed by atoms with Crippen LogP contribution in [0.3, 0.4) is 0 Å². The number of carbonyl (C=O) groups is 3. The minimum absolute atomic E-state index is 0.200. The first-order chi connectivity index (χ1) is 16.6. The van der Waals surface area contributed by atoms with E-state index >= 15 is 0 Å². The van der Waals surface area contributed by atoms with Gasteiger partial charge in [0.1, 0.15) is 5.75 Å². The highest BCUT2D eigenvalue weighted by atomic mass is 16.5. The molecule has 0 unspecified atom stereocenters. The minimum atomic E-state index is -0.244. The molecule has 0 atom stereocenters. The van der Waals surface area contributed by atoms with Crippen molar-refractivity contribution in [2.75, 3.05) is 50.1 Å². The van der Waals surface area contributed by atoms with E-state index in [2.05, 4.69) is 15.1 Å². The molecule has 7 nitrogen and oxygen atoms in total. The van der Waals surface area contributed by atoms with Crippen molar-refractivity contribution in [3.8, 4) is 5.75 Å². The molecule has 0 aromatic heterocycles. The molecular weight excluding hydrogens is 430 g/mol. The summed E-state index contributed by atoms with van der Waals surface area (Å²) in [7, 11) is 1.67. The molecule has 1 amide bonds. The summed E-state index contributed by atoms with van der Waals surface area (Å²) in [6.07, 6.45) is 0. The third-order valence-corrected chi connectivity index (χ3v) is 6.39. The Morgan fingerprint density at radius 2 is 1.47 bits per heavy atom.